The Hall–Kier alpha value is -3.00. The normalized spacial score (nSPS) is 12.9. The van der Waals surface area contributed by atoms with E-state index in [2.05, 4.69) is 10.1 Å². The Morgan fingerprint density at radius 2 is 1.86 bits per heavy atom. The van der Waals surface area contributed by atoms with E-state index in [0.29, 0.717) is 17.8 Å². The monoisotopic (exact) mass is 407 g/mol. The molecular formula is C21H25F2N2O4+. The van der Waals surface area contributed by atoms with Gasteiger partial charge in [0.05, 0.1) is 14.2 Å². The first-order chi connectivity index (χ1) is 13.7. The molecule has 1 unspecified atom stereocenters. The number of anilines is 1. The lowest BCUT2D eigenvalue weighted by Crippen LogP contribution is -3.12. The van der Waals surface area contributed by atoms with Crippen LogP contribution in [-0.4, -0.2) is 38.5 Å². The fourth-order valence-corrected chi connectivity index (χ4v) is 2.78. The number of ether oxygens (including phenoxy) is 2. The molecule has 0 aliphatic rings. The van der Waals surface area contributed by atoms with Crippen molar-refractivity contribution in [1.82, 2.24) is 0 Å². The van der Waals surface area contributed by atoms with Gasteiger partial charge in [-0.3, -0.25) is 9.59 Å². The van der Waals surface area contributed by atoms with Crippen molar-refractivity contribution in [3.8, 4) is 11.5 Å². The fraction of sp³-hybridized carbons (Fsp3) is 0.333. The van der Waals surface area contributed by atoms with Crippen LogP contribution >= 0.6 is 0 Å². The predicted molar refractivity (Wildman–Crippen MR) is 105 cm³/mol. The number of carbonyl (C=O) groups excluding carboxylic acids is 2. The van der Waals surface area contributed by atoms with Crippen molar-refractivity contribution in [2.75, 3.05) is 19.5 Å². The van der Waals surface area contributed by atoms with Gasteiger partial charge in [-0.05, 0) is 44.2 Å². The van der Waals surface area contributed by atoms with Crippen LogP contribution in [0.2, 0.25) is 0 Å². The Kier molecular flexibility index (Phi) is 7.67. The van der Waals surface area contributed by atoms with Gasteiger partial charge in [0, 0.05) is 16.8 Å². The van der Waals surface area contributed by atoms with Crippen molar-refractivity contribution in [1.29, 1.82) is 0 Å². The molecule has 0 saturated carbocycles. The van der Waals surface area contributed by atoms with Gasteiger partial charge in [0.15, 0.2) is 23.3 Å². The maximum Gasteiger partial charge on any atom is 0.387 e. The Morgan fingerprint density at radius 1 is 1.14 bits per heavy atom. The van der Waals surface area contributed by atoms with Gasteiger partial charge < -0.3 is 19.7 Å². The van der Waals surface area contributed by atoms with E-state index < -0.39 is 12.7 Å². The average Bonchev–Trinajstić information content (AvgIpc) is 2.68. The molecule has 0 spiro atoms. The van der Waals surface area contributed by atoms with Crippen molar-refractivity contribution in [2.45, 2.75) is 33.0 Å². The largest absolute Gasteiger partial charge is 0.493 e. The zero-order valence-electron chi connectivity index (χ0n) is 16.8. The zero-order valence-corrected chi connectivity index (χ0v) is 16.8. The molecule has 2 N–H and O–H groups in total. The number of rotatable bonds is 9. The molecular weight excluding hydrogens is 382 g/mol. The molecule has 2 aromatic carbocycles. The quantitative estimate of drug-likeness (QED) is 0.627. The Balaban J connectivity index is 2.04. The number of Topliss-reactive ketones (excluding diaryl/α,β-unsaturated/α-hetero) is 1. The molecule has 2 aromatic rings. The van der Waals surface area contributed by atoms with Gasteiger partial charge in [-0.25, -0.2) is 0 Å². The first-order valence-corrected chi connectivity index (χ1v) is 9.07. The molecule has 0 aromatic heterocycles. The van der Waals surface area contributed by atoms with E-state index in [0.717, 1.165) is 10.5 Å². The molecule has 2 rings (SSSR count). The number of benzene rings is 2. The number of nitrogens with one attached hydrogen (secondary N) is 2. The van der Waals surface area contributed by atoms with Crippen molar-refractivity contribution in [3.05, 3.63) is 53.6 Å². The van der Waals surface area contributed by atoms with Gasteiger partial charge in [0.2, 0.25) is 0 Å². The summed E-state index contributed by atoms with van der Waals surface area (Å²) in [6.45, 7) is 0.777. The van der Waals surface area contributed by atoms with Crippen LogP contribution in [0.15, 0.2) is 42.5 Å². The molecule has 0 saturated heterocycles. The minimum Gasteiger partial charge on any atom is -0.493 e. The first-order valence-electron chi connectivity index (χ1n) is 9.07. The van der Waals surface area contributed by atoms with Gasteiger partial charge in [0.1, 0.15) is 6.54 Å². The third-order valence-corrected chi connectivity index (χ3v) is 4.60. The molecule has 6 nitrogen and oxygen atoms in total. The third-order valence-electron chi connectivity index (χ3n) is 4.60. The molecule has 0 radical (unpaired) electrons. The van der Waals surface area contributed by atoms with Gasteiger partial charge in [0.25, 0.3) is 5.91 Å². The smallest absolute Gasteiger partial charge is 0.387 e. The minimum atomic E-state index is -2.94. The van der Waals surface area contributed by atoms with E-state index in [1.54, 1.807) is 43.3 Å². The number of halogens is 2. The van der Waals surface area contributed by atoms with Crippen LogP contribution in [0.5, 0.6) is 11.5 Å². The topological polar surface area (TPSA) is 69.1 Å². The van der Waals surface area contributed by atoms with E-state index in [-0.39, 0.29) is 23.2 Å². The van der Waals surface area contributed by atoms with Gasteiger partial charge in [-0.1, -0.05) is 12.1 Å². The number of alkyl halides is 2. The summed E-state index contributed by atoms with van der Waals surface area (Å²) in [5.41, 5.74) is 1.88. The molecule has 156 valence electrons. The minimum absolute atomic E-state index is 0.0416. The highest BCUT2D eigenvalue weighted by molar-refractivity contribution is 5.97. The van der Waals surface area contributed by atoms with Crippen LogP contribution in [0, 0.1) is 0 Å². The number of quaternary nitrogens is 1. The summed E-state index contributed by atoms with van der Waals surface area (Å²) in [5.74, 6) is -0.119. The van der Waals surface area contributed by atoms with Crippen LogP contribution in [0.25, 0.3) is 0 Å². The lowest BCUT2D eigenvalue weighted by atomic mass is 10.1. The second-order valence-corrected chi connectivity index (χ2v) is 6.73. The summed E-state index contributed by atoms with van der Waals surface area (Å²) in [5, 5.41) is 2.82. The summed E-state index contributed by atoms with van der Waals surface area (Å²) >= 11 is 0. The molecule has 2 atom stereocenters. The predicted octanol–water partition coefficient (Wildman–Crippen LogP) is 2.54. The zero-order chi connectivity index (χ0) is 21.6. The van der Waals surface area contributed by atoms with Crippen molar-refractivity contribution in [2.24, 2.45) is 0 Å². The van der Waals surface area contributed by atoms with Crippen LogP contribution in [0.1, 0.15) is 29.8 Å². The number of likely N-dealkylation sites (N-methyl/N-ethyl adjacent to an activating group) is 1. The third kappa shape index (κ3) is 6.25. The van der Waals surface area contributed by atoms with Crippen LogP contribution in [0.3, 0.4) is 0 Å². The fourth-order valence-electron chi connectivity index (χ4n) is 2.78. The van der Waals surface area contributed by atoms with Crippen LogP contribution < -0.4 is 19.7 Å². The van der Waals surface area contributed by atoms with E-state index in [4.69, 9.17) is 4.74 Å². The van der Waals surface area contributed by atoms with Crippen molar-refractivity contribution in [3.63, 3.8) is 0 Å². The highest BCUT2D eigenvalue weighted by Gasteiger charge is 2.23. The lowest BCUT2D eigenvalue weighted by Gasteiger charge is -2.22. The SMILES string of the molecule is COc1cc(C[NH+](C)[C@H](C)C(=O)Nc2cccc(C(C)=O)c2)ccc1OC(F)F. The van der Waals surface area contributed by atoms with Crippen LogP contribution in [-0.2, 0) is 11.3 Å². The van der Waals surface area contributed by atoms with Crippen LogP contribution in [0.4, 0.5) is 14.5 Å². The Labute approximate surface area is 168 Å². The molecule has 0 bridgehead atoms. The van der Waals surface area contributed by atoms with E-state index in [1.165, 1.54) is 20.1 Å². The number of methoxy groups -OCH3 is 1. The second kappa shape index (κ2) is 9.97. The lowest BCUT2D eigenvalue weighted by molar-refractivity contribution is -0.907. The highest BCUT2D eigenvalue weighted by Crippen LogP contribution is 2.29. The van der Waals surface area contributed by atoms with E-state index in [1.807, 2.05) is 7.05 Å². The standard InChI is InChI=1S/C21H24F2N2O4/c1-13(20(27)24-17-7-5-6-16(11-17)14(2)26)25(3)12-15-8-9-18(29-21(22)23)19(10-15)28-4/h5-11,13,21H,12H2,1-4H3,(H,24,27)/p+1/t13-/m1/s1. The summed E-state index contributed by atoms with van der Waals surface area (Å²) < 4.78 is 34.4. The number of carbonyl (C=O) groups is 2. The van der Waals surface area contributed by atoms with E-state index >= 15 is 0 Å². The number of amides is 1. The van der Waals surface area contributed by atoms with Gasteiger partial charge >= 0.3 is 6.61 Å². The van der Waals surface area contributed by atoms with Crippen molar-refractivity contribution >= 4 is 17.4 Å². The average molecular weight is 407 g/mol. The molecule has 29 heavy (non-hydrogen) atoms. The maximum absolute atomic E-state index is 12.6. The van der Waals surface area contributed by atoms with Gasteiger partial charge in [-0.15, -0.1) is 0 Å². The Morgan fingerprint density at radius 3 is 2.48 bits per heavy atom. The number of hydrogen-bond acceptors (Lipinski definition) is 4. The van der Waals surface area contributed by atoms with E-state index in [9.17, 15) is 18.4 Å². The molecule has 8 heteroatoms. The highest BCUT2D eigenvalue weighted by atomic mass is 19.3. The molecule has 1 amide bonds. The second-order valence-electron chi connectivity index (χ2n) is 6.73. The molecule has 0 fully saturated rings. The number of ketones is 1. The first kappa shape index (κ1) is 22.3. The molecule has 0 heterocycles. The van der Waals surface area contributed by atoms with Gasteiger partial charge in [-0.2, -0.15) is 8.78 Å². The summed E-state index contributed by atoms with van der Waals surface area (Å²) in [7, 11) is 3.23. The summed E-state index contributed by atoms with van der Waals surface area (Å²) in [6, 6.07) is 11.0. The molecule has 0 aliphatic heterocycles. The summed E-state index contributed by atoms with van der Waals surface area (Å²) in [6.07, 6.45) is 0. The molecule has 0 aliphatic carbocycles. The van der Waals surface area contributed by atoms with Crippen molar-refractivity contribution < 1.29 is 32.7 Å². The summed E-state index contributed by atoms with van der Waals surface area (Å²) in [4.78, 5) is 24.9. The Bertz CT molecular complexity index is 874. The maximum atomic E-state index is 12.6. The number of hydrogen-bond donors (Lipinski definition) is 2.